The standard InChI is InChI=1S/C21H17N3O4S/c1-2-28-21(27)13-6-5-7-14(10-13)23-17(25)11-24-12-22-18-15-8-3-4-9-16(15)29-19(18)20(24)26/h3-10,12H,2,11H2,1H3,(H,23,25). The zero-order valence-electron chi connectivity index (χ0n) is 15.5. The van der Waals surface area contributed by atoms with Crippen LogP contribution in [-0.4, -0.2) is 28.0 Å². The lowest BCUT2D eigenvalue weighted by atomic mass is 10.2. The lowest BCUT2D eigenvalue weighted by Crippen LogP contribution is -2.27. The van der Waals surface area contributed by atoms with Gasteiger partial charge < -0.3 is 10.1 Å². The van der Waals surface area contributed by atoms with E-state index in [0.29, 0.717) is 21.5 Å². The molecule has 0 aliphatic rings. The first-order valence-corrected chi connectivity index (χ1v) is 9.82. The molecule has 0 saturated carbocycles. The normalized spacial score (nSPS) is 10.9. The molecule has 2 aromatic carbocycles. The summed E-state index contributed by atoms with van der Waals surface area (Å²) < 4.78 is 7.74. The highest BCUT2D eigenvalue weighted by molar-refractivity contribution is 7.25. The fourth-order valence-electron chi connectivity index (χ4n) is 3.02. The molecule has 1 amide bonds. The Morgan fingerprint density at radius 1 is 1.17 bits per heavy atom. The molecule has 29 heavy (non-hydrogen) atoms. The molecule has 0 unspecified atom stereocenters. The van der Waals surface area contributed by atoms with Gasteiger partial charge in [-0.2, -0.15) is 0 Å². The maximum atomic E-state index is 12.8. The van der Waals surface area contributed by atoms with E-state index >= 15 is 0 Å². The predicted molar refractivity (Wildman–Crippen MR) is 112 cm³/mol. The molecule has 0 bridgehead atoms. The molecule has 0 aliphatic carbocycles. The number of hydrogen-bond acceptors (Lipinski definition) is 6. The number of anilines is 1. The Kier molecular flexibility index (Phi) is 5.09. The fourth-order valence-corrected chi connectivity index (χ4v) is 4.13. The van der Waals surface area contributed by atoms with Gasteiger partial charge in [0.25, 0.3) is 5.56 Å². The molecule has 4 rings (SSSR count). The van der Waals surface area contributed by atoms with Crippen molar-refractivity contribution in [3.8, 4) is 0 Å². The Hall–Kier alpha value is -3.52. The Labute approximate surface area is 169 Å². The summed E-state index contributed by atoms with van der Waals surface area (Å²) in [5.41, 5.74) is 1.18. The highest BCUT2D eigenvalue weighted by atomic mass is 32.1. The molecular formula is C21H17N3O4S. The molecule has 2 aromatic heterocycles. The van der Waals surface area contributed by atoms with E-state index in [0.717, 1.165) is 10.1 Å². The molecule has 0 aliphatic heterocycles. The van der Waals surface area contributed by atoms with Crippen LogP contribution in [0.5, 0.6) is 0 Å². The van der Waals surface area contributed by atoms with Crippen molar-refractivity contribution in [3.05, 3.63) is 70.8 Å². The third-order valence-electron chi connectivity index (χ3n) is 4.32. The van der Waals surface area contributed by atoms with Gasteiger partial charge in [0.05, 0.1) is 24.0 Å². The van der Waals surface area contributed by atoms with Gasteiger partial charge in [0.1, 0.15) is 11.2 Å². The van der Waals surface area contributed by atoms with Gasteiger partial charge in [0.15, 0.2) is 0 Å². The Morgan fingerprint density at radius 3 is 2.83 bits per heavy atom. The first-order valence-electron chi connectivity index (χ1n) is 9.00. The molecule has 4 aromatic rings. The quantitative estimate of drug-likeness (QED) is 0.512. The lowest BCUT2D eigenvalue weighted by molar-refractivity contribution is -0.116. The van der Waals surface area contributed by atoms with Gasteiger partial charge in [-0.3, -0.25) is 14.2 Å². The molecule has 8 heteroatoms. The first kappa shape index (κ1) is 18.8. The average molecular weight is 407 g/mol. The van der Waals surface area contributed by atoms with E-state index < -0.39 is 11.9 Å². The van der Waals surface area contributed by atoms with Gasteiger partial charge in [-0.1, -0.05) is 24.3 Å². The van der Waals surface area contributed by atoms with Crippen molar-refractivity contribution in [1.29, 1.82) is 0 Å². The van der Waals surface area contributed by atoms with Gasteiger partial charge in [0, 0.05) is 15.8 Å². The summed E-state index contributed by atoms with van der Waals surface area (Å²) in [5.74, 6) is -0.852. The van der Waals surface area contributed by atoms with E-state index in [1.165, 1.54) is 28.3 Å². The zero-order chi connectivity index (χ0) is 20.4. The first-order chi connectivity index (χ1) is 14.1. The van der Waals surface area contributed by atoms with Gasteiger partial charge in [-0.05, 0) is 31.2 Å². The summed E-state index contributed by atoms with van der Waals surface area (Å²) in [6.45, 7) is 1.81. The van der Waals surface area contributed by atoms with Crippen molar-refractivity contribution in [2.24, 2.45) is 0 Å². The molecule has 0 spiro atoms. The second-order valence-electron chi connectivity index (χ2n) is 6.30. The number of amides is 1. The predicted octanol–water partition coefficient (Wildman–Crippen LogP) is 3.43. The summed E-state index contributed by atoms with van der Waals surface area (Å²) in [6, 6.07) is 14.1. The molecule has 0 saturated heterocycles. The summed E-state index contributed by atoms with van der Waals surface area (Å²) in [6.07, 6.45) is 1.39. The van der Waals surface area contributed by atoms with Crippen LogP contribution in [-0.2, 0) is 16.1 Å². The van der Waals surface area contributed by atoms with Crippen molar-refractivity contribution >= 4 is 49.2 Å². The Morgan fingerprint density at radius 2 is 2.00 bits per heavy atom. The number of carbonyl (C=O) groups excluding carboxylic acids is 2. The average Bonchev–Trinajstić information content (AvgIpc) is 3.10. The van der Waals surface area contributed by atoms with E-state index in [1.807, 2.05) is 24.3 Å². The third kappa shape index (κ3) is 3.74. The second-order valence-corrected chi connectivity index (χ2v) is 7.36. The van der Waals surface area contributed by atoms with E-state index in [4.69, 9.17) is 4.74 Å². The zero-order valence-corrected chi connectivity index (χ0v) is 16.4. The van der Waals surface area contributed by atoms with Crippen molar-refractivity contribution < 1.29 is 14.3 Å². The summed E-state index contributed by atoms with van der Waals surface area (Å²) in [5, 5.41) is 3.63. The Bertz CT molecular complexity index is 1290. The number of hydrogen-bond donors (Lipinski definition) is 1. The minimum atomic E-state index is -0.459. The van der Waals surface area contributed by atoms with Gasteiger partial charge in [-0.25, -0.2) is 9.78 Å². The van der Waals surface area contributed by atoms with Gasteiger partial charge in [0.2, 0.25) is 5.91 Å². The van der Waals surface area contributed by atoms with Gasteiger partial charge in [-0.15, -0.1) is 11.3 Å². The van der Waals surface area contributed by atoms with Gasteiger partial charge >= 0.3 is 5.97 Å². The molecule has 0 atom stereocenters. The summed E-state index contributed by atoms with van der Waals surface area (Å²) >= 11 is 1.36. The number of esters is 1. The highest BCUT2D eigenvalue weighted by Crippen LogP contribution is 2.29. The number of thiophene rings is 1. The SMILES string of the molecule is CCOC(=O)c1cccc(NC(=O)Cn2cnc3c(sc4ccccc43)c2=O)c1. The smallest absolute Gasteiger partial charge is 0.338 e. The number of benzene rings is 2. The summed E-state index contributed by atoms with van der Waals surface area (Å²) in [7, 11) is 0. The lowest BCUT2D eigenvalue weighted by Gasteiger charge is -2.08. The van der Waals surface area contributed by atoms with Crippen LogP contribution in [0.2, 0.25) is 0 Å². The second kappa shape index (κ2) is 7.84. The molecule has 2 heterocycles. The van der Waals surface area contributed by atoms with E-state index in [9.17, 15) is 14.4 Å². The van der Waals surface area contributed by atoms with E-state index in [-0.39, 0.29) is 18.7 Å². The van der Waals surface area contributed by atoms with Crippen LogP contribution in [0.25, 0.3) is 20.3 Å². The van der Waals surface area contributed by atoms with Crippen LogP contribution >= 0.6 is 11.3 Å². The van der Waals surface area contributed by atoms with Crippen LogP contribution in [0.15, 0.2) is 59.7 Å². The largest absolute Gasteiger partial charge is 0.462 e. The molecule has 1 N–H and O–H groups in total. The van der Waals surface area contributed by atoms with Crippen LogP contribution in [0.3, 0.4) is 0 Å². The van der Waals surface area contributed by atoms with Crippen molar-refractivity contribution in [2.45, 2.75) is 13.5 Å². The number of ether oxygens (including phenoxy) is 1. The number of nitrogens with one attached hydrogen (secondary N) is 1. The monoisotopic (exact) mass is 407 g/mol. The minimum absolute atomic E-state index is 0.181. The maximum Gasteiger partial charge on any atom is 0.338 e. The molecule has 7 nitrogen and oxygen atoms in total. The number of carbonyl (C=O) groups is 2. The van der Waals surface area contributed by atoms with Crippen molar-refractivity contribution in [2.75, 3.05) is 11.9 Å². The fraction of sp³-hybridized carbons (Fsp3) is 0.143. The van der Waals surface area contributed by atoms with E-state index in [1.54, 1.807) is 25.1 Å². The number of fused-ring (bicyclic) bond motifs is 3. The molecule has 0 radical (unpaired) electrons. The molecular weight excluding hydrogens is 390 g/mol. The number of nitrogens with zero attached hydrogens (tertiary/aromatic N) is 2. The molecule has 0 fully saturated rings. The van der Waals surface area contributed by atoms with Crippen LogP contribution in [0.4, 0.5) is 5.69 Å². The van der Waals surface area contributed by atoms with Crippen LogP contribution in [0, 0.1) is 0 Å². The number of rotatable bonds is 5. The van der Waals surface area contributed by atoms with Crippen LogP contribution < -0.4 is 10.9 Å². The number of aromatic nitrogens is 2. The minimum Gasteiger partial charge on any atom is -0.462 e. The van der Waals surface area contributed by atoms with Crippen molar-refractivity contribution in [3.63, 3.8) is 0 Å². The van der Waals surface area contributed by atoms with Crippen molar-refractivity contribution in [1.82, 2.24) is 9.55 Å². The van der Waals surface area contributed by atoms with E-state index in [2.05, 4.69) is 10.3 Å². The molecule has 146 valence electrons. The van der Waals surface area contributed by atoms with Crippen LogP contribution in [0.1, 0.15) is 17.3 Å². The Balaban J connectivity index is 1.56. The highest BCUT2D eigenvalue weighted by Gasteiger charge is 2.14. The maximum absolute atomic E-state index is 12.8. The topological polar surface area (TPSA) is 90.3 Å². The summed E-state index contributed by atoms with van der Waals surface area (Å²) in [4.78, 5) is 41.4. The third-order valence-corrected chi connectivity index (χ3v) is 5.47.